The van der Waals surface area contributed by atoms with E-state index in [1.807, 2.05) is 42.6 Å². The van der Waals surface area contributed by atoms with Gasteiger partial charge < -0.3 is 5.73 Å². The van der Waals surface area contributed by atoms with Crippen LogP contribution in [-0.4, -0.2) is 23.0 Å². The van der Waals surface area contributed by atoms with Gasteiger partial charge in [0.2, 0.25) is 5.91 Å². The first-order valence-electron chi connectivity index (χ1n) is 6.84. The van der Waals surface area contributed by atoms with Crippen LogP contribution in [0, 0.1) is 0 Å². The SMILES string of the molecule is CC(NC(C)c1nc(-c2ccccc2)cs1)C(=O)NC(N)=O. The Labute approximate surface area is 132 Å². The fraction of sp³-hybridized carbons (Fsp3) is 0.267. The van der Waals surface area contributed by atoms with Gasteiger partial charge in [-0.25, -0.2) is 9.78 Å². The van der Waals surface area contributed by atoms with Crippen LogP contribution >= 0.6 is 11.3 Å². The molecule has 0 fully saturated rings. The highest BCUT2D eigenvalue weighted by atomic mass is 32.1. The van der Waals surface area contributed by atoms with E-state index >= 15 is 0 Å². The number of hydrogen-bond acceptors (Lipinski definition) is 5. The van der Waals surface area contributed by atoms with Gasteiger partial charge >= 0.3 is 6.03 Å². The van der Waals surface area contributed by atoms with E-state index in [0.29, 0.717) is 0 Å². The molecule has 1 heterocycles. The number of imide groups is 1. The molecule has 0 aliphatic carbocycles. The number of aromatic nitrogens is 1. The first-order valence-corrected chi connectivity index (χ1v) is 7.72. The summed E-state index contributed by atoms with van der Waals surface area (Å²) in [7, 11) is 0. The van der Waals surface area contributed by atoms with Crippen molar-refractivity contribution in [1.82, 2.24) is 15.6 Å². The molecule has 0 radical (unpaired) electrons. The van der Waals surface area contributed by atoms with Crippen LogP contribution in [-0.2, 0) is 4.79 Å². The first kappa shape index (κ1) is 16.1. The lowest BCUT2D eigenvalue weighted by molar-refractivity contribution is -0.121. The number of thiazole rings is 1. The van der Waals surface area contributed by atoms with E-state index in [9.17, 15) is 9.59 Å². The molecular formula is C15H18N4O2S. The number of amides is 3. The Morgan fingerprint density at radius 2 is 1.91 bits per heavy atom. The van der Waals surface area contributed by atoms with Crippen molar-refractivity contribution in [2.75, 3.05) is 0 Å². The number of benzene rings is 1. The maximum absolute atomic E-state index is 11.7. The molecule has 116 valence electrons. The van der Waals surface area contributed by atoms with Crippen molar-refractivity contribution in [3.63, 3.8) is 0 Å². The van der Waals surface area contributed by atoms with E-state index in [1.54, 1.807) is 6.92 Å². The number of rotatable bonds is 5. The Balaban J connectivity index is 2.02. The van der Waals surface area contributed by atoms with Crippen molar-refractivity contribution < 1.29 is 9.59 Å². The van der Waals surface area contributed by atoms with Gasteiger partial charge in [-0.2, -0.15) is 0 Å². The summed E-state index contributed by atoms with van der Waals surface area (Å²) >= 11 is 1.52. The van der Waals surface area contributed by atoms with Crippen molar-refractivity contribution in [2.24, 2.45) is 5.73 Å². The van der Waals surface area contributed by atoms with Gasteiger partial charge in [0, 0.05) is 10.9 Å². The van der Waals surface area contributed by atoms with Crippen LogP contribution in [0.3, 0.4) is 0 Å². The average molecular weight is 318 g/mol. The molecule has 1 aromatic heterocycles. The lowest BCUT2D eigenvalue weighted by atomic mass is 10.2. The number of urea groups is 1. The Morgan fingerprint density at radius 3 is 2.55 bits per heavy atom. The van der Waals surface area contributed by atoms with Crippen molar-refractivity contribution in [3.05, 3.63) is 40.7 Å². The number of carbonyl (C=O) groups is 2. The molecule has 2 atom stereocenters. The third-order valence-corrected chi connectivity index (χ3v) is 4.13. The van der Waals surface area contributed by atoms with E-state index < -0.39 is 18.0 Å². The molecule has 0 bridgehead atoms. The molecule has 2 aromatic rings. The molecule has 2 unspecified atom stereocenters. The quantitative estimate of drug-likeness (QED) is 0.786. The zero-order valence-electron chi connectivity index (χ0n) is 12.4. The number of hydrogen-bond donors (Lipinski definition) is 3. The summed E-state index contributed by atoms with van der Waals surface area (Å²) in [6, 6.07) is 8.37. The van der Waals surface area contributed by atoms with Gasteiger partial charge in [0.15, 0.2) is 0 Å². The van der Waals surface area contributed by atoms with Crippen LogP contribution in [0.4, 0.5) is 4.79 Å². The van der Waals surface area contributed by atoms with E-state index in [0.717, 1.165) is 16.3 Å². The Morgan fingerprint density at radius 1 is 1.23 bits per heavy atom. The highest BCUT2D eigenvalue weighted by Gasteiger charge is 2.19. The van der Waals surface area contributed by atoms with Crippen molar-refractivity contribution in [1.29, 1.82) is 0 Å². The number of nitrogens with zero attached hydrogens (tertiary/aromatic N) is 1. The smallest absolute Gasteiger partial charge is 0.318 e. The minimum Gasteiger partial charge on any atom is -0.351 e. The van der Waals surface area contributed by atoms with Gasteiger partial charge in [0.1, 0.15) is 5.01 Å². The summed E-state index contributed by atoms with van der Waals surface area (Å²) in [5, 5.41) is 8.00. The molecule has 0 aliphatic rings. The summed E-state index contributed by atoms with van der Waals surface area (Å²) in [4.78, 5) is 26.9. The lowest BCUT2D eigenvalue weighted by Gasteiger charge is -2.17. The molecule has 0 saturated carbocycles. The van der Waals surface area contributed by atoms with E-state index in [2.05, 4.69) is 15.6 Å². The molecule has 2 rings (SSSR count). The van der Waals surface area contributed by atoms with Gasteiger partial charge in [-0.15, -0.1) is 11.3 Å². The van der Waals surface area contributed by atoms with Gasteiger partial charge in [0.25, 0.3) is 0 Å². The van der Waals surface area contributed by atoms with Gasteiger partial charge in [-0.3, -0.25) is 15.4 Å². The number of nitrogens with one attached hydrogen (secondary N) is 2. The fourth-order valence-corrected chi connectivity index (χ4v) is 2.82. The molecule has 0 spiro atoms. The normalized spacial score (nSPS) is 13.4. The number of nitrogens with two attached hydrogens (primary N) is 1. The van der Waals surface area contributed by atoms with Crippen molar-refractivity contribution >= 4 is 23.3 Å². The predicted molar refractivity (Wildman–Crippen MR) is 86.3 cm³/mol. The molecule has 1 aromatic carbocycles. The van der Waals surface area contributed by atoms with Gasteiger partial charge in [-0.05, 0) is 13.8 Å². The third-order valence-electron chi connectivity index (χ3n) is 3.10. The molecule has 0 aliphatic heterocycles. The highest BCUT2D eigenvalue weighted by molar-refractivity contribution is 7.10. The second-order valence-electron chi connectivity index (χ2n) is 4.90. The highest BCUT2D eigenvalue weighted by Crippen LogP contribution is 2.25. The molecular weight excluding hydrogens is 300 g/mol. The largest absolute Gasteiger partial charge is 0.351 e. The minimum absolute atomic E-state index is 0.115. The summed E-state index contributed by atoms with van der Waals surface area (Å²) in [5.41, 5.74) is 6.89. The Hall–Kier alpha value is -2.25. The molecule has 0 saturated heterocycles. The zero-order chi connectivity index (χ0) is 16.1. The predicted octanol–water partition coefficient (Wildman–Crippen LogP) is 2.04. The summed E-state index contributed by atoms with van der Waals surface area (Å²) < 4.78 is 0. The second-order valence-corrected chi connectivity index (χ2v) is 5.79. The fourth-order valence-electron chi connectivity index (χ4n) is 1.98. The standard InChI is InChI=1S/C15H18N4O2S/c1-9(13(20)19-15(16)21)17-10(2)14-18-12(8-22-14)11-6-4-3-5-7-11/h3-10,17H,1-2H3,(H3,16,19,20,21). The molecule has 7 heteroatoms. The molecule has 4 N–H and O–H groups in total. The van der Waals surface area contributed by atoms with Crippen LogP contribution in [0.25, 0.3) is 11.3 Å². The Bertz CT molecular complexity index is 657. The lowest BCUT2D eigenvalue weighted by Crippen LogP contribution is -2.47. The first-order chi connectivity index (χ1) is 10.5. The molecule has 6 nitrogen and oxygen atoms in total. The van der Waals surface area contributed by atoms with Crippen molar-refractivity contribution in [2.45, 2.75) is 25.9 Å². The zero-order valence-corrected chi connectivity index (χ0v) is 13.2. The van der Waals surface area contributed by atoms with Crippen LogP contribution in [0.15, 0.2) is 35.7 Å². The number of carbonyl (C=O) groups excluding carboxylic acids is 2. The Kier molecular flexibility index (Phi) is 5.24. The second kappa shape index (κ2) is 7.15. The minimum atomic E-state index is -0.855. The monoisotopic (exact) mass is 318 g/mol. The maximum atomic E-state index is 11.7. The topological polar surface area (TPSA) is 97.1 Å². The van der Waals surface area contributed by atoms with Gasteiger partial charge in [-0.1, -0.05) is 30.3 Å². The van der Waals surface area contributed by atoms with E-state index in [4.69, 9.17) is 5.73 Å². The maximum Gasteiger partial charge on any atom is 0.318 e. The molecule has 22 heavy (non-hydrogen) atoms. The number of primary amides is 1. The summed E-state index contributed by atoms with van der Waals surface area (Å²) in [5.74, 6) is -0.459. The van der Waals surface area contributed by atoms with Gasteiger partial charge in [0.05, 0.1) is 17.8 Å². The van der Waals surface area contributed by atoms with Crippen molar-refractivity contribution in [3.8, 4) is 11.3 Å². The van der Waals surface area contributed by atoms with Crippen LogP contribution in [0.5, 0.6) is 0 Å². The van der Waals surface area contributed by atoms with Crippen LogP contribution in [0.2, 0.25) is 0 Å². The summed E-state index contributed by atoms with van der Waals surface area (Å²) in [6.45, 7) is 3.59. The molecule has 3 amide bonds. The van der Waals surface area contributed by atoms with E-state index in [1.165, 1.54) is 11.3 Å². The van der Waals surface area contributed by atoms with Crippen LogP contribution in [0.1, 0.15) is 24.9 Å². The van der Waals surface area contributed by atoms with Crippen LogP contribution < -0.4 is 16.4 Å². The summed E-state index contributed by atoms with van der Waals surface area (Å²) in [6.07, 6.45) is 0. The average Bonchev–Trinajstić information content (AvgIpc) is 2.97. The van der Waals surface area contributed by atoms with E-state index in [-0.39, 0.29) is 6.04 Å². The third kappa shape index (κ3) is 4.12.